The lowest BCUT2D eigenvalue weighted by molar-refractivity contribution is -0.132. The standard InChI is InChI=1S/C27H37F4N5O3S/c1-14-10-27(30,31)13-36(14)24(38)20(34-15(2)23(37)33-12-25(3,4)39)21(40)18-11-32-19(9-17(18)22(28)29)35-26(5,6)16-7-8-16/h9,11,14,16,20,22,39H,7-8,10,12-13H2,1-6H3,(H,32,35)(H,33,37)/b34-15+/t14-,20?/m0/s1. The molecule has 1 aromatic heterocycles. The molecule has 1 aromatic rings. The van der Waals surface area contributed by atoms with Gasteiger partial charge in [0.15, 0.2) is 6.04 Å². The van der Waals surface area contributed by atoms with Crippen molar-refractivity contribution in [2.24, 2.45) is 10.9 Å². The van der Waals surface area contributed by atoms with Gasteiger partial charge >= 0.3 is 0 Å². The van der Waals surface area contributed by atoms with Crippen molar-refractivity contribution in [2.45, 2.75) is 96.4 Å². The van der Waals surface area contributed by atoms with Gasteiger partial charge in [-0.2, -0.15) is 0 Å². The zero-order valence-electron chi connectivity index (χ0n) is 23.5. The molecule has 8 nitrogen and oxygen atoms in total. The smallest absolute Gasteiger partial charge is 0.267 e. The van der Waals surface area contributed by atoms with Gasteiger partial charge in [-0.1, -0.05) is 12.2 Å². The van der Waals surface area contributed by atoms with E-state index in [4.69, 9.17) is 12.2 Å². The molecule has 0 radical (unpaired) electrons. The number of nitrogens with zero attached hydrogens (tertiary/aromatic N) is 3. The van der Waals surface area contributed by atoms with Crippen LogP contribution in [0.15, 0.2) is 17.3 Å². The maximum absolute atomic E-state index is 14.3. The Balaban J connectivity index is 1.99. The van der Waals surface area contributed by atoms with Crippen molar-refractivity contribution in [3.05, 3.63) is 23.4 Å². The molecule has 0 spiro atoms. The lowest BCUT2D eigenvalue weighted by Gasteiger charge is -2.28. The Bertz CT molecular complexity index is 1180. The van der Waals surface area contributed by atoms with Crippen molar-refractivity contribution < 1.29 is 32.3 Å². The van der Waals surface area contributed by atoms with Crippen molar-refractivity contribution in [2.75, 3.05) is 18.4 Å². The van der Waals surface area contributed by atoms with E-state index in [0.29, 0.717) is 5.92 Å². The number of hydrogen-bond donors (Lipinski definition) is 3. The molecule has 2 aliphatic rings. The Morgan fingerprint density at radius 3 is 2.40 bits per heavy atom. The predicted octanol–water partition coefficient (Wildman–Crippen LogP) is 4.31. The number of likely N-dealkylation sites (tertiary alicyclic amines) is 1. The van der Waals surface area contributed by atoms with Gasteiger partial charge < -0.3 is 20.6 Å². The lowest BCUT2D eigenvalue weighted by atomic mass is 9.98. The summed E-state index contributed by atoms with van der Waals surface area (Å²) in [5, 5.41) is 15.5. The van der Waals surface area contributed by atoms with Crippen molar-refractivity contribution >= 4 is 40.4 Å². The largest absolute Gasteiger partial charge is 0.389 e. The van der Waals surface area contributed by atoms with E-state index >= 15 is 0 Å². The Hall–Kier alpha value is -2.67. The number of carbonyl (C=O) groups excluding carboxylic acids is 2. The number of amides is 2. The van der Waals surface area contributed by atoms with Gasteiger partial charge in [-0.25, -0.2) is 22.5 Å². The molecular weight excluding hydrogens is 550 g/mol. The number of rotatable bonds is 11. The molecule has 2 amide bonds. The molecule has 3 rings (SSSR count). The molecule has 0 bridgehead atoms. The van der Waals surface area contributed by atoms with E-state index in [9.17, 15) is 32.3 Å². The number of thiocarbonyl (C=S) groups is 1. The van der Waals surface area contributed by atoms with E-state index in [2.05, 4.69) is 20.6 Å². The SMILES string of the molecule is C/C(=N\C(C(=O)N1CC(F)(F)C[C@@H]1C)C(=S)c1cnc(NC(C)(C)C2CC2)cc1C(F)F)C(=O)NCC(C)(C)O. The summed E-state index contributed by atoms with van der Waals surface area (Å²) in [5.41, 5.74) is -2.57. The van der Waals surface area contributed by atoms with Crippen molar-refractivity contribution in [1.82, 2.24) is 15.2 Å². The van der Waals surface area contributed by atoms with Crippen molar-refractivity contribution in [3.63, 3.8) is 0 Å². The number of hydrogen-bond acceptors (Lipinski definition) is 7. The number of aliphatic hydroxyl groups is 1. The quantitative estimate of drug-likeness (QED) is 0.154. The van der Waals surface area contributed by atoms with E-state index in [1.807, 2.05) is 13.8 Å². The summed E-state index contributed by atoms with van der Waals surface area (Å²) in [7, 11) is 0. The number of alkyl halides is 4. The van der Waals surface area contributed by atoms with E-state index in [-0.39, 0.29) is 34.0 Å². The van der Waals surface area contributed by atoms with Crippen LogP contribution < -0.4 is 10.6 Å². The van der Waals surface area contributed by atoms with E-state index < -0.39 is 60.4 Å². The molecule has 13 heteroatoms. The van der Waals surface area contributed by atoms with Gasteiger partial charge in [0.2, 0.25) is 0 Å². The fraction of sp³-hybridized carbons (Fsp3) is 0.667. The van der Waals surface area contributed by atoms with Gasteiger partial charge in [-0.05, 0) is 66.4 Å². The normalized spacial score (nSPS) is 20.4. The first-order valence-corrected chi connectivity index (χ1v) is 13.6. The van der Waals surface area contributed by atoms with E-state index in [1.165, 1.54) is 27.7 Å². The Morgan fingerprint density at radius 2 is 1.90 bits per heavy atom. The Morgan fingerprint density at radius 1 is 1.27 bits per heavy atom. The number of aliphatic imine (C=N–C) groups is 1. The highest BCUT2D eigenvalue weighted by molar-refractivity contribution is 7.81. The second kappa shape index (κ2) is 11.7. The molecule has 2 heterocycles. The first-order chi connectivity index (χ1) is 18.3. The average molecular weight is 588 g/mol. The second-order valence-electron chi connectivity index (χ2n) is 11.9. The number of pyridine rings is 1. The molecule has 1 aliphatic heterocycles. The Labute approximate surface area is 237 Å². The van der Waals surface area contributed by atoms with Gasteiger partial charge in [0.1, 0.15) is 5.82 Å². The van der Waals surface area contributed by atoms with Crippen LogP contribution in [-0.2, 0) is 9.59 Å². The Kier molecular flexibility index (Phi) is 9.29. The second-order valence-corrected chi connectivity index (χ2v) is 12.4. The number of anilines is 1. The van der Waals surface area contributed by atoms with Crippen LogP contribution in [0.4, 0.5) is 23.4 Å². The molecule has 1 saturated carbocycles. The zero-order chi connectivity index (χ0) is 30.2. The van der Waals surface area contributed by atoms with Crippen LogP contribution in [0.1, 0.15) is 78.4 Å². The topological polar surface area (TPSA) is 107 Å². The van der Waals surface area contributed by atoms with Crippen LogP contribution in [0.5, 0.6) is 0 Å². The third kappa shape index (κ3) is 7.96. The monoisotopic (exact) mass is 587 g/mol. The number of nitrogens with one attached hydrogen (secondary N) is 2. The number of aromatic nitrogens is 1. The van der Waals surface area contributed by atoms with Crippen LogP contribution in [0.2, 0.25) is 0 Å². The molecule has 0 aromatic carbocycles. The summed E-state index contributed by atoms with van der Waals surface area (Å²) in [4.78, 5) is 35.1. The third-order valence-electron chi connectivity index (χ3n) is 7.11. The molecule has 40 heavy (non-hydrogen) atoms. The molecule has 2 atom stereocenters. The first kappa shape index (κ1) is 31.9. The fourth-order valence-electron chi connectivity index (χ4n) is 4.68. The third-order valence-corrected chi connectivity index (χ3v) is 7.55. The maximum atomic E-state index is 14.3. The number of carbonyl (C=O) groups is 2. The first-order valence-electron chi connectivity index (χ1n) is 13.1. The summed E-state index contributed by atoms with van der Waals surface area (Å²) in [6, 6.07) is -1.41. The van der Waals surface area contributed by atoms with Gasteiger partial charge in [0.25, 0.3) is 24.2 Å². The molecular formula is C27H37F4N5O3S. The van der Waals surface area contributed by atoms with Gasteiger partial charge in [0, 0.05) is 41.9 Å². The lowest BCUT2D eigenvalue weighted by Crippen LogP contribution is -2.46. The molecule has 3 N–H and O–H groups in total. The van der Waals surface area contributed by atoms with Crippen LogP contribution in [0, 0.1) is 5.92 Å². The fourth-order valence-corrected chi connectivity index (χ4v) is 5.00. The average Bonchev–Trinajstić information content (AvgIpc) is 3.65. The van der Waals surface area contributed by atoms with E-state index in [1.54, 1.807) is 0 Å². The minimum Gasteiger partial charge on any atom is -0.389 e. The molecule has 1 unspecified atom stereocenters. The summed E-state index contributed by atoms with van der Waals surface area (Å²) in [5.74, 6) is -4.22. The van der Waals surface area contributed by atoms with Crippen LogP contribution in [-0.4, -0.2) is 79.6 Å². The van der Waals surface area contributed by atoms with Crippen LogP contribution >= 0.6 is 12.2 Å². The maximum Gasteiger partial charge on any atom is 0.267 e. The zero-order valence-corrected chi connectivity index (χ0v) is 24.3. The number of halogens is 4. The van der Waals surface area contributed by atoms with Gasteiger partial charge in [-0.3, -0.25) is 14.6 Å². The molecule has 1 saturated heterocycles. The predicted molar refractivity (Wildman–Crippen MR) is 148 cm³/mol. The summed E-state index contributed by atoms with van der Waals surface area (Å²) < 4.78 is 56.8. The summed E-state index contributed by atoms with van der Waals surface area (Å²) in [6.07, 6.45) is -0.415. The van der Waals surface area contributed by atoms with Crippen LogP contribution in [0.25, 0.3) is 0 Å². The van der Waals surface area contributed by atoms with Crippen molar-refractivity contribution in [1.29, 1.82) is 0 Å². The highest BCUT2D eigenvalue weighted by Crippen LogP contribution is 2.41. The minimum absolute atomic E-state index is 0.137. The van der Waals surface area contributed by atoms with Gasteiger partial charge in [-0.15, -0.1) is 0 Å². The molecule has 1 aliphatic carbocycles. The highest BCUT2D eigenvalue weighted by Gasteiger charge is 2.47. The molecule has 222 valence electrons. The van der Waals surface area contributed by atoms with Crippen LogP contribution in [0.3, 0.4) is 0 Å². The van der Waals surface area contributed by atoms with Crippen molar-refractivity contribution in [3.8, 4) is 0 Å². The summed E-state index contributed by atoms with van der Waals surface area (Å²) >= 11 is 5.48. The highest BCUT2D eigenvalue weighted by atomic mass is 32.1. The molecule has 2 fully saturated rings. The van der Waals surface area contributed by atoms with E-state index in [0.717, 1.165) is 30.0 Å². The summed E-state index contributed by atoms with van der Waals surface area (Å²) in [6.45, 7) is 8.55. The minimum atomic E-state index is -3.14. The van der Waals surface area contributed by atoms with Gasteiger partial charge in [0.05, 0.1) is 22.7 Å².